The molecule has 0 unspecified atom stereocenters. The molecule has 0 spiro atoms. The molecule has 0 bridgehead atoms. The van der Waals surface area contributed by atoms with Crippen LogP contribution < -0.4 is 20.1 Å². The third-order valence-electron chi connectivity index (χ3n) is 4.91. The van der Waals surface area contributed by atoms with E-state index in [0.29, 0.717) is 16.7 Å². The van der Waals surface area contributed by atoms with Crippen LogP contribution in [0.5, 0.6) is 10.9 Å². The molecule has 8 nitrogen and oxygen atoms in total. The molecule has 5 aromatic rings. The molecule has 2 aromatic heterocycles. The van der Waals surface area contributed by atoms with Gasteiger partial charge >= 0.3 is 6.09 Å². The van der Waals surface area contributed by atoms with E-state index in [0.717, 1.165) is 32.9 Å². The van der Waals surface area contributed by atoms with Crippen molar-refractivity contribution in [2.24, 2.45) is 0 Å². The van der Waals surface area contributed by atoms with E-state index in [2.05, 4.69) is 25.6 Å². The largest absolute Gasteiger partial charge is 0.496 e. The number of rotatable bonds is 6. The number of amides is 1. The number of nitrogens with zero attached hydrogens (tertiary/aromatic N) is 3. The Hall–Kier alpha value is -4.50. The monoisotopic (exact) mass is 469 g/mol. The van der Waals surface area contributed by atoms with Gasteiger partial charge in [-0.15, -0.1) is 0 Å². The molecule has 0 atom stereocenters. The van der Waals surface area contributed by atoms with E-state index in [-0.39, 0.29) is 0 Å². The minimum Gasteiger partial charge on any atom is -0.496 e. The summed E-state index contributed by atoms with van der Waals surface area (Å²) in [6, 6.07) is 24.3. The normalized spacial score (nSPS) is 10.6. The van der Waals surface area contributed by atoms with Crippen molar-refractivity contribution in [1.29, 1.82) is 0 Å². The Balaban J connectivity index is 1.23. The van der Waals surface area contributed by atoms with Gasteiger partial charge in [-0.05, 0) is 48.5 Å². The highest BCUT2D eigenvalue weighted by Crippen LogP contribution is 2.30. The number of carbonyl (C=O) groups excluding carboxylic acids is 1. The van der Waals surface area contributed by atoms with Gasteiger partial charge in [-0.3, -0.25) is 5.32 Å². The zero-order chi connectivity index (χ0) is 23.3. The molecule has 168 valence electrons. The van der Waals surface area contributed by atoms with E-state index in [4.69, 9.17) is 9.47 Å². The van der Waals surface area contributed by atoms with Crippen LogP contribution in [0.15, 0.2) is 85.2 Å². The zero-order valence-electron chi connectivity index (χ0n) is 18.1. The van der Waals surface area contributed by atoms with Gasteiger partial charge in [0.05, 0.1) is 23.0 Å². The van der Waals surface area contributed by atoms with Crippen molar-refractivity contribution in [3.05, 3.63) is 85.2 Å². The van der Waals surface area contributed by atoms with Crippen LogP contribution in [0.2, 0.25) is 0 Å². The predicted molar refractivity (Wildman–Crippen MR) is 133 cm³/mol. The van der Waals surface area contributed by atoms with Crippen LogP contribution >= 0.6 is 11.3 Å². The minimum atomic E-state index is -0.600. The summed E-state index contributed by atoms with van der Waals surface area (Å²) in [5.74, 6) is 1.37. The number of thiazole rings is 1. The predicted octanol–water partition coefficient (Wildman–Crippen LogP) is 6.12. The molecule has 0 radical (unpaired) electrons. The van der Waals surface area contributed by atoms with Crippen LogP contribution in [0.3, 0.4) is 0 Å². The molecular weight excluding hydrogens is 450 g/mol. The lowest BCUT2D eigenvalue weighted by Gasteiger charge is -2.10. The first-order valence-corrected chi connectivity index (χ1v) is 11.2. The van der Waals surface area contributed by atoms with Gasteiger partial charge in [0, 0.05) is 23.0 Å². The van der Waals surface area contributed by atoms with Crippen LogP contribution in [0.25, 0.3) is 21.5 Å². The van der Waals surface area contributed by atoms with Crippen molar-refractivity contribution >= 4 is 44.8 Å². The number of hydrogen-bond acceptors (Lipinski definition) is 8. The average Bonchev–Trinajstić information content (AvgIpc) is 3.27. The molecule has 1 amide bonds. The number of ether oxygens (including phenoxy) is 2. The molecule has 0 saturated carbocycles. The number of anilines is 3. The Kier molecular flexibility index (Phi) is 6.00. The summed E-state index contributed by atoms with van der Waals surface area (Å²) in [6.07, 6.45) is 0.898. The molecule has 0 fully saturated rings. The summed E-state index contributed by atoms with van der Waals surface area (Å²) in [5, 5.41) is 6.25. The summed E-state index contributed by atoms with van der Waals surface area (Å²) >= 11 is 1.32. The molecule has 2 N–H and O–H groups in total. The maximum absolute atomic E-state index is 12.2. The fourth-order valence-electron chi connectivity index (χ4n) is 3.33. The summed E-state index contributed by atoms with van der Waals surface area (Å²) in [6.45, 7) is 0. The maximum Gasteiger partial charge on any atom is 0.419 e. The maximum atomic E-state index is 12.2. The van der Waals surface area contributed by atoms with Crippen LogP contribution in [0, 0.1) is 0 Å². The Labute approximate surface area is 199 Å². The van der Waals surface area contributed by atoms with Gasteiger partial charge in [-0.25, -0.2) is 19.7 Å². The SMILES string of the molecule is COc1ccccc1-c1cc(Nc2ccc(NC(=O)Oc3nc4ccccc4s3)cc2)ncn1. The lowest BCUT2D eigenvalue weighted by Crippen LogP contribution is -2.16. The first kappa shape index (κ1) is 21.4. The lowest BCUT2D eigenvalue weighted by atomic mass is 10.1. The van der Waals surface area contributed by atoms with Gasteiger partial charge in [0.15, 0.2) is 0 Å². The van der Waals surface area contributed by atoms with Crippen LogP contribution in [0.4, 0.5) is 22.0 Å². The van der Waals surface area contributed by atoms with Crippen LogP contribution in [-0.2, 0) is 0 Å². The molecule has 0 saturated heterocycles. The smallest absolute Gasteiger partial charge is 0.419 e. The number of nitrogens with one attached hydrogen (secondary N) is 2. The van der Waals surface area contributed by atoms with E-state index < -0.39 is 6.09 Å². The molecule has 0 aliphatic heterocycles. The molecular formula is C25H19N5O3S. The summed E-state index contributed by atoms with van der Waals surface area (Å²) in [5.41, 5.74) is 3.81. The van der Waals surface area contributed by atoms with E-state index in [1.807, 2.05) is 66.7 Å². The third-order valence-corrected chi connectivity index (χ3v) is 5.82. The molecule has 0 aliphatic carbocycles. The number of carbonyl (C=O) groups is 1. The number of benzene rings is 3. The van der Waals surface area contributed by atoms with E-state index in [1.165, 1.54) is 17.7 Å². The first-order chi connectivity index (χ1) is 16.7. The second-order valence-electron chi connectivity index (χ2n) is 7.15. The zero-order valence-corrected chi connectivity index (χ0v) is 18.9. The Morgan fingerprint density at radius 2 is 1.68 bits per heavy atom. The van der Waals surface area contributed by atoms with Gasteiger partial charge in [0.1, 0.15) is 17.9 Å². The fourth-order valence-corrected chi connectivity index (χ4v) is 4.15. The quantitative estimate of drug-likeness (QED) is 0.309. The number of aromatic nitrogens is 3. The average molecular weight is 470 g/mol. The van der Waals surface area contributed by atoms with Gasteiger partial charge in [-0.1, -0.05) is 35.6 Å². The van der Waals surface area contributed by atoms with Crippen molar-refractivity contribution in [1.82, 2.24) is 15.0 Å². The number of methoxy groups -OCH3 is 1. The van der Waals surface area contributed by atoms with Crippen molar-refractivity contribution in [2.75, 3.05) is 17.7 Å². The van der Waals surface area contributed by atoms with E-state index >= 15 is 0 Å². The van der Waals surface area contributed by atoms with E-state index in [1.54, 1.807) is 19.2 Å². The first-order valence-electron chi connectivity index (χ1n) is 10.3. The van der Waals surface area contributed by atoms with Crippen molar-refractivity contribution in [2.45, 2.75) is 0 Å². The second kappa shape index (κ2) is 9.55. The van der Waals surface area contributed by atoms with Crippen LogP contribution in [-0.4, -0.2) is 28.2 Å². The molecule has 9 heteroatoms. The van der Waals surface area contributed by atoms with Gasteiger partial charge < -0.3 is 14.8 Å². The number of para-hydroxylation sites is 2. The molecule has 2 heterocycles. The highest BCUT2D eigenvalue weighted by Gasteiger charge is 2.11. The molecule has 34 heavy (non-hydrogen) atoms. The fraction of sp³-hybridized carbons (Fsp3) is 0.0400. The van der Waals surface area contributed by atoms with Crippen molar-refractivity contribution < 1.29 is 14.3 Å². The van der Waals surface area contributed by atoms with Gasteiger partial charge in [0.25, 0.3) is 5.19 Å². The van der Waals surface area contributed by atoms with Gasteiger partial charge in [-0.2, -0.15) is 0 Å². The number of fused-ring (bicyclic) bond motifs is 1. The summed E-state index contributed by atoms with van der Waals surface area (Å²) < 4.78 is 11.7. The second-order valence-corrected chi connectivity index (χ2v) is 8.15. The van der Waals surface area contributed by atoms with Crippen molar-refractivity contribution in [3.8, 4) is 22.2 Å². The summed E-state index contributed by atoms with van der Waals surface area (Å²) in [4.78, 5) is 25.2. The van der Waals surface area contributed by atoms with Gasteiger partial charge in [0.2, 0.25) is 0 Å². The molecule has 3 aromatic carbocycles. The van der Waals surface area contributed by atoms with E-state index in [9.17, 15) is 4.79 Å². The minimum absolute atomic E-state index is 0.298. The highest BCUT2D eigenvalue weighted by atomic mass is 32.1. The van der Waals surface area contributed by atoms with Crippen molar-refractivity contribution in [3.63, 3.8) is 0 Å². The Morgan fingerprint density at radius 1 is 0.912 bits per heavy atom. The Morgan fingerprint density at radius 3 is 2.50 bits per heavy atom. The molecule has 5 rings (SSSR count). The molecule has 0 aliphatic rings. The Bertz CT molecular complexity index is 1420. The lowest BCUT2D eigenvalue weighted by molar-refractivity contribution is 0.215. The highest BCUT2D eigenvalue weighted by molar-refractivity contribution is 7.20. The van der Waals surface area contributed by atoms with Crippen LogP contribution in [0.1, 0.15) is 0 Å². The topological polar surface area (TPSA) is 98.3 Å². The third kappa shape index (κ3) is 4.79. The summed E-state index contributed by atoms with van der Waals surface area (Å²) in [7, 11) is 1.63. The number of hydrogen-bond donors (Lipinski definition) is 2. The standard InChI is InChI=1S/C25H19N5O3S/c1-32-21-8-4-2-6-18(21)20-14-23(27-15-26-20)28-16-10-12-17(13-11-16)29-24(31)33-25-30-19-7-3-5-9-22(19)34-25/h2-15H,1H3,(H,29,31)(H,26,27,28).